The lowest BCUT2D eigenvalue weighted by Gasteiger charge is -2.39. The quantitative estimate of drug-likeness (QED) is 0.654. The molecule has 0 radical (unpaired) electrons. The van der Waals surface area contributed by atoms with Crippen molar-refractivity contribution in [1.29, 1.82) is 0 Å². The van der Waals surface area contributed by atoms with Crippen molar-refractivity contribution < 1.29 is 0 Å². The molecule has 3 atom stereocenters. The Morgan fingerprint density at radius 2 is 1.94 bits per heavy atom. The standard InChI is InChI=1S/C15H30N2S/c1-7-11(4)15(13-8-9-13)17(6)12(5)14(16-18)10(2)3/h10-11,13-16,18H,5,7-9H2,1-4,6H3. The molecule has 3 heteroatoms. The first-order valence-corrected chi connectivity index (χ1v) is 7.69. The van der Waals surface area contributed by atoms with Crippen molar-refractivity contribution in [3.05, 3.63) is 12.3 Å². The molecule has 0 aromatic carbocycles. The highest BCUT2D eigenvalue weighted by Crippen LogP contribution is 2.40. The van der Waals surface area contributed by atoms with Crippen LogP contribution < -0.4 is 4.72 Å². The summed E-state index contributed by atoms with van der Waals surface area (Å²) in [5.74, 6) is 2.11. The lowest BCUT2D eigenvalue weighted by atomic mass is 9.91. The lowest BCUT2D eigenvalue weighted by Crippen LogP contribution is -2.44. The molecule has 1 aliphatic rings. The van der Waals surface area contributed by atoms with Crippen LogP contribution in [0.1, 0.15) is 47.0 Å². The van der Waals surface area contributed by atoms with Gasteiger partial charge in [0.1, 0.15) is 0 Å². The Bertz CT molecular complexity index is 274. The Labute approximate surface area is 119 Å². The van der Waals surface area contributed by atoms with Crippen LogP contribution in [0, 0.1) is 17.8 Å². The van der Waals surface area contributed by atoms with Gasteiger partial charge in [-0.15, -0.1) is 0 Å². The first-order valence-electron chi connectivity index (χ1n) is 7.25. The van der Waals surface area contributed by atoms with E-state index in [4.69, 9.17) is 0 Å². The average Bonchev–Trinajstić information content (AvgIpc) is 3.13. The maximum Gasteiger partial charge on any atom is 0.0584 e. The normalized spacial score (nSPS) is 20.6. The summed E-state index contributed by atoms with van der Waals surface area (Å²) in [5.41, 5.74) is 1.18. The van der Waals surface area contributed by atoms with Gasteiger partial charge in [-0.1, -0.05) is 53.5 Å². The fourth-order valence-electron chi connectivity index (χ4n) is 2.86. The molecule has 1 aliphatic carbocycles. The van der Waals surface area contributed by atoms with Crippen LogP contribution in [0.3, 0.4) is 0 Å². The molecule has 0 amide bonds. The molecule has 2 nitrogen and oxygen atoms in total. The molecular weight excluding hydrogens is 240 g/mol. The van der Waals surface area contributed by atoms with Crippen molar-refractivity contribution in [2.45, 2.75) is 59.0 Å². The zero-order chi connectivity index (χ0) is 13.9. The van der Waals surface area contributed by atoms with Crippen molar-refractivity contribution in [2.75, 3.05) is 7.05 Å². The van der Waals surface area contributed by atoms with Crippen LogP contribution in [0.5, 0.6) is 0 Å². The molecule has 0 bridgehead atoms. The Morgan fingerprint density at radius 1 is 1.39 bits per heavy atom. The number of nitrogens with zero attached hydrogens (tertiary/aromatic N) is 1. The summed E-state index contributed by atoms with van der Waals surface area (Å²) in [6.45, 7) is 13.4. The summed E-state index contributed by atoms with van der Waals surface area (Å²) in [5, 5.41) is 0. The third-order valence-corrected chi connectivity index (χ3v) is 4.68. The molecule has 18 heavy (non-hydrogen) atoms. The second-order valence-electron chi connectivity index (χ2n) is 6.17. The lowest BCUT2D eigenvalue weighted by molar-refractivity contribution is 0.182. The van der Waals surface area contributed by atoms with Gasteiger partial charge in [0.2, 0.25) is 0 Å². The van der Waals surface area contributed by atoms with Crippen molar-refractivity contribution in [1.82, 2.24) is 9.62 Å². The van der Waals surface area contributed by atoms with Gasteiger partial charge in [0.05, 0.1) is 6.04 Å². The van der Waals surface area contributed by atoms with E-state index in [1.54, 1.807) is 0 Å². The van der Waals surface area contributed by atoms with E-state index < -0.39 is 0 Å². The van der Waals surface area contributed by atoms with E-state index in [-0.39, 0.29) is 6.04 Å². The second-order valence-corrected chi connectivity index (χ2v) is 6.42. The molecule has 0 aromatic heterocycles. The topological polar surface area (TPSA) is 15.3 Å². The summed E-state index contributed by atoms with van der Waals surface area (Å²) in [7, 11) is 2.21. The molecule has 0 spiro atoms. The maximum atomic E-state index is 4.31. The Balaban J connectivity index is 2.75. The van der Waals surface area contributed by atoms with Crippen LogP contribution >= 0.6 is 12.8 Å². The fourth-order valence-corrected chi connectivity index (χ4v) is 3.31. The molecule has 3 unspecified atom stereocenters. The molecule has 0 aliphatic heterocycles. The van der Waals surface area contributed by atoms with Gasteiger partial charge in [-0.3, -0.25) is 4.72 Å². The molecule has 0 heterocycles. The van der Waals surface area contributed by atoms with E-state index in [9.17, 15) is 0 Å². The Hall–Kier alpha value is -0.150. The predicted molar refractivity (Wildman–Crippen MR) is 83.6 cm³/mol. The molecule has 1 rings (SSSR count). The molecule has 1 N–H and O–H groups in total. The fraction of sp³-hybridized carbons (Fsp3) is 0.867. The number of hydrogen-bond acceptors (Lipinski definition) is 3. The van der Waals surface area contributed by atoms with E-state index in [1.807, 2.05) is 0 Å². The minimum Gasteiger partial charge on any atom is -0.374 e. The zero-order valence-corrected chi connectivity index (χ0v) is 13.5. The van der Waals surface area contributed by atoms with E-state index in [0.29, 0.717) is 12.0 Å². The minimum atomic E-state index is 0.253. The SMILES string of the molecule is C=C(C(NS)C(C)C)N(C)C(C(C)CC)C1CC1. The third-order valence-electron chi connectivity index (χ3n) is 4.40. The largest absolute Gasteiger partial charge is 0.374 e. The van der Waals surface area contributed by atoms with Crippen LogP contribution in [0.4, 0.5) is 0 Å². The van der Waals surface area contributed by atoms with Crippen molar-refractivity contribution in [3.8, 4) is 0 Å². The monoisotopic (exact) mass is 270 g/mol. The van der Waals surface area contributed by atoms with Crippen LogP contribution in [-0.4, -0.2) is 24.0 Å². The summed E-state index contributed by atoms with van der Waals surface area (Å²) in [4.78, 5) is 2.42. The summed E-state index contributed by atoms with van der Waals surface area (Å²) >= 11 is 4.26. The Kier molecular flexibility index (Phi) is 6.06. The highest BCUT2D eigenvalue weighted by molar-refractivity contribution is 7.78. The van der Waals surface area contributed by atoms with E-state index in [2.05, 4.69) is 63.8 Å². The highest BCUT2D eigenvalue weighted by Gasteiger charge is 2.38. The molecule has 0 saturated heterocycles. The molecule has 106 valence electrons. The van der Waals surface area contributed by atoms with Crippen LogP contribution in [0.15, 0.2) is 12.3 Å². The van der Waals surface area contributed by atoms with Gasteiger partial charge >= 0.3 is 0 Å². The number of hydrogen-bond donors (Lipinski definition) is 2. The smallest absolute Gasteiger partial charge is 0.0584 e. The third kappa shape index (κ3) is 3.67. The van der Waals surface area contributed by atoms with Crippen molar-refractivity contribution >= 4 is 12.8 Å². The zero-order valence-electron chi connectivity index (χ0n) is 12.6. The predicted octanol–water partition coefficient (Wildman–Crippen LogP) is 3.72. The van der Waals surface area contributed by atoms with E-state index in [0.717, 1.165) is 11.8 Å². The van der Waals surface area contributed by atoms with Gasteiger partial charge < -0.3 is 4.90 Å². The van der Waals surface area contributed by atoms with Crippen LogP contribution in [-0.2, 0) is 0 Å². The first-order chi connectivity index (χ1) is 8.43. The van der Waals surface area contributed by atoms with Crippen molar-refractivity contribution in [2.24, 2.45) is 17.8 Å². The molecule has 1 fully saturated rings. The van der Waals surface area contributed by atoms with E-state index >= 15 is 0 Å². The number of thiol groups is 1. The van der Waals surface area contributed by atoms with Crippen molar-refractivity contribution in [3.63, 3.8) is 0 Å². The summed E-state index contributed by atoms with van der Waals surface area (Å²) in [6.07, 6.45) is 4.00. The number of rotatable bonds is 8. The van der Waals surface area contributed by atoms with Crippen LogP contribution in [0.25, 0.3) is 0 Å². The summed E-state index contributed by atoms with van der Waals surface area (Å²) in [6, 6.07) is 0.897. The van der Waals surface area contributed by atoms with E-state index in [1.165, 1.54) is 25.0 Å². The van der Waals surface area contributed by atoms with Gasteiger partial charge in [-0.25, -0.2) is 0 Å². The maximum absolute atomic E-state index is 4.31. The molecular formula is C15H30N2S. The first kappa shape index (κ1) is 15.9. The van der Waals surface area contributed by atoms with Gasteiger partial charge in [0.25, 0.3) is 0 Å². The average molecular weight is 270 g/mol. The second kappa shape index (κ2) is 6.85. The Morgan fingerprint density at radius 3 is 2.28 bits per heavy atom. The van der Waals surface area contributed by atoms with Crippen LogP contribution in [0.2, 0.25) is 0 Å². The number of nitrogens with one attached hydrogen (secondary N) is 1. The number of likely N-dealkylation sites (N-methyl/N-ethyl adjacent to an activating group) is 1. The molecule has 0 aromatic rings. The summed E-state index contributed by atoms with van der Waals surface area (Å²) < 4.78 is 3.11. The minimum absolute atomic E-state index is 0.253. The van der Waals surface area contributed by atoms with Gasteiger partial charge in [-0.05, 0) is 30.6 Å². The van der Waals surface area contributed by atoms with Gasteiger partial charge in [-0.2, -0.15) is 0 Å². The molecule has 1 saturated carbocycles. The van der Waals surface area contributed by atoms with Gasteiger partial charge in [0, 0.05) is 18.8 Å². The highest BCUT2D eigenvalue weighted by atomic mass is 32.1. The van der Waals surface area contributed by atoms with Gasteiger partial charge in [0.15, 0.2) is 0 Å².